The van der Waals surface area contributed by atoms with Crippen LogP contribution in [0.1, 0.15) is 29.2 Å². The van der Waals surface area contributed by atoms with Crippen molar-refractivity contribution in [1.29, 1.82) is 0 Å². The molecular weight excluding hydrogens is 408 g/mol. The van der Waals surface area contributed by atoms with Crippen molar-refractivity contribution in [3.8, 4) is 0 Å². The molecule has 0 bridgehead atoms. The summed E-state index contributed by atoms with van der Waals surface area (Å²) in [6, 6.07) is 23.4. The van der Waals surface area contributed by atoms with E-state index in [-0.39, 0.29) is 10.9 Å². The van der Waals surface area contributed by atoms with Crippen molar-refractivity contribution in [3.05, 3.63) is 89.5 Å². The van der Waals surface area contributed by atoms with Crippen molar-refractivity contribution in [2.75, 3.05) is 24.0 Å². The Labute approximate surface area is 183 Å². The van der Waals surface area contributed by atoms with E-state index in [0.717, 1.165) is 34.6 Å². The molecule has 3 aromatic rings. The maximum atomic E-state index is 11.6. The van der Waals surface area contributed by atoms with Crippen molar-refractivity contribution >= 4 is 27.1 Å². The molecule has 4 rings (SSSR count). The maximum absolute atomic E-state index is 11.6. The van der Waals surface area contributed by atoms with Gasteiger partial charge in [0.05, 0.1) is 22.3 Å². The van der Waals surface area contributed by atoms with Crippen LogP contribution in [0.5, 0.6) is 0 Å². The molecule has 0 aromatic heterocycles. The third-order valence-corrected chi connectivity index (χ3v) is 6.45. The highest BCUT2D eigenvalue weighted by atomic mass is 32.2. The second-order valence-corrected chi connectivity index (χ2v) is 9.56. The van der Waals surface area contributed by atoms with Crippen LogP contribution in [0.25, 0.3) is 0 Å². The van der Waals surface area contributed by atoms with Crippen LogP contribution in [-0.2, 0) is 10.0 Å². The number of nitrogens with zero attached hydrogens (tertiary/aromatic N) is 3. The van der Waals surface area contributed by atoms with Gasteiger partial charge >= 0.3 is 0 Å². The molecule has 1 unspecified atom stereocenters. The number of nitrogens with two attached hydrogens (primary N) is 1. The third kappa shape index (κ3) is 4.47. The standard InChI is InChI=1S/C24H26N4O2S/c1-17-4-6-19(7-5-17)24-16-23(18-8-10-20(11-9-18)27(2)3)26-28(24)21-12-14-22(15-13-21)31(25,29)30/h4-15,24H,16H2,1-3H3,(H2,25,29,30). The average molecular weight is 435 g/mol. The highest BCUT2D eigenvalue weighted by Crippen LogP contribution is 2.37. The first-order valence-electron chi connectivity index (χ1n) is 10.1. The Kier molecular flexibility index (Phi) is 5.56. The van der Waals surface area contributed by atoms with E-state index < -0.39 is 10.0 Å². The Balaban J connectivity index is 1.72. The van der Waals surface area contributed by atoms with Gasteiger partial charge in [-0.1, -0.05) is 42.0 Å². The zero-order valence-electron chi connectivity index (χ0n) is 17.9. The van der Waals surface area contributed by atoms with E-state index in [1.54, 1.807) is 12.1 Å². The first-order chi connectivity index (χ1) is 14.7. The van der Waals surface area contributed by atoms with E-state index in [4.69, 9.17) is 10.2 Å². The van der Waals surface area contributed by atoms with Crippen molar-refractivity contribution in [2.24, 2.45) is 10.2 Å². The van der Waals surface area contributed by atoms with Gasteiger partial charge in [-0.15, -0.1) is 0 Å². The molecular formula is C24H26N4O2S. The maximum Gasteiger partial charge on any atom is 0.238 e. The quantitative estimate of drug-likeness (QED) is 0.657. The van der Waals surface area contributed by atoms with Gasteiger partial charge in [0, 0.05) is 26.2 Å². The molecule has 0 fully saturated rings. The first-order valence-corrected chi connectivity index (χ1v) is 11.6. The Morgan fingerprint density at radius 1 is 0.935 bits per heavy atom. The first kappa shape index (κ1) is 21.1. The largest absolute Gasteiger partial charge is 0.378 e. The molecule has 0 amide bonds. The van der Waals surface area contributed by atoms with Crippen molar-refractivity contribution < 1.29 is 8.42 Å². The van der Waals surface area contributed by atoms with Crippen LogP contribution < -0.4 is 15.0 Å². The minimum absolute atomic E-state index is 0.0180. The molecule has 31 heavy (non-hydrogen) atoms. The van der Waals surface area contributed by atoms with E-state index in [2.05, 4.69) is 60.4 Å². The lowest BCUT2D eigenvalue weighted by molar-refractivity contribution is 0.597. The van der Waals surface area contributed by atoms with Crippen molar-refractivity contribution in [1.82, 2.24) is 0 Å². The normalized spacial score (nSPS) is 16.3. The van der Waals surface area contributed by atoms with E-state index in [9.17, 15) is 8.42 Å². The number of hydrazone groups is 1. The minimum Gasteiger partial charge on any atom is -0.378 e. The monoisotopic (exact) mass is 434 g/mol. The van der Waals surface area contributed by atoms with Gasteiger partial charge in [-0.2, -0.15) is 5.10 Å². The van der Waals surface area contributed by atoms with E-state index >= 15 is 0 Å². The molecule has 2 N–H and O–H groups in total. The number of anilines is 2. The van der Waals surface area contributed by atoms with Crippen LogP contribution in [0.3, 0.4) is 0 Å². The van der Waals surface area contributed by atoms with Gasteiger partial charge in [0.25, 0.3) is 0 Å². The molecule has 6 nitrogen and oxygen atoms in total. The van der Waals surface area contributed by atoms with Crippen molar-refractivity contribution in [2.45, 2.75) is 24.3 Å². The van der Waals surface area contributed by atoms with Crippen LogP contribution in [-0.4, -0.2) is 28.2 Å². The summed E-state index contributed by atoms with van der Waals surface area (Å²) in [5, 5.41) is 12.1. The van der Waals surface area contributed by atoms with Crippen LogP contribution in [0, 0.1) is 6.92 Å². The summed E-state index contributed by atoms with van der Waals surface area (Å²) < 4.78 is 23.3. The molecule has 7 heteroatoms. The fraction of sp³-hybridized carbons (Fsp3) is 0.208. The van der Waals surface area contributed by atoms with Gasteiger partial charge in [0.1, 0.15) is 0 Å². The number of hydrogen-bond donors (Lipinski definition) is 1. The molecule has 0 radical (unpaired) electrons. The van der Waals surface area contributed by atoms with Crippen molar-refractivity contribution in [3.63, 3.8) is 0 Å². The smallest absolute Gasteiger partial charge is 0.238 e. The fourth-order valence-corrected chi connectivity index (χ4v) is 4.23. The molecule has 1 aliphatic rings. The van der Waals surface area contributed by atoms with Crippen LogP contribution in [0.4, 0.5) is 11.4 Å². The SMILES string of the molecule is Cc1ccc(C2CC(c3ccc(N(C)C)cc3)=NN2c2ccc(S(N)(=O)=O)cc2)cc1. The average Bonchev–Trinajstić information content (AvgIpc) is 3.19. The number of aryl methyl sites for hydroxylation is 1. The molecule has 1 aliphatic heterocycles. The molecule has 3 aromatic carbocycles. The summed E-state index contributed by atoms with van der Waals surface area (Å²) in [6.45, 7) is 2.07. The lowest BCUT2D eigenvalue weighted by atomic mass is 9.97. The molecule has 1 heterocycles. The second-order valence-electron chi connectivity index (χ2n) is 8.00. The Hall–Kier alpha value is -3.16. The minimum atomic E-state index is -3.74. The summed E-state index contributed by atoms with van der Waals surface area (Å²) in [7, 11) is 0.296. The van der Waals surface area contributed by atoms with Crippen LogP contribution in [0.15, 0.2) is 82.8 Å². The lowest BCUT2D eigenvalue weighted by Gasteiger charge is -2.24. The molecule has 1 atom stereocenters. The van der Waals surface area contributed by atoms with Crippen LogP contribution in [0.2, 0.25) is 0 Å². The van der Waals surface area contributed by atoms with Gasteiger partial charge < -0.3 is 4.90 Å². The predicted molar refractivity (Wildman–Crippen MR) is 126 cm³/mol. The number of hydrogen-bond acceptors (Lipinski definition) is 5. The number of rotatable bonds is 5. The highest BCUT2D eigenvalue weighted by molar-refractivity contribution is 7.89. The number of primary sulfonamides is 1. The van der Waals surface area contributed by atoms with Crippen LogP contribution >= 0.6 is 0 Å². The molecule has 0 saturated heterocycles. The van der Waals surface area contributed by atoms with Gasteiger partial charge in [-0.05, 0) is 54.4 Å². The van der Waals surface area contributed by atoms with Gasteiger partial charge in [-0.3, -0.25) is 5.01 Å². The summed E-state index contributed by atoms with van der Waals surface area (Å²) in [4.78, 5) is 2.15. The van der Waals surface area contributed by atoms with E-state index in [0.29, 0.717) is 0 Å². The van der Waals surface area contributed by atoms with Gasteiger partial charge in [-0.25, -0.2) is 13.6 Å². The summed E-state index contributed by atoms with van der Waals surface area (Å²) in [6.07, 6.45) is 0.751. The molecule has 0 spiro atoms. The Morgan fingerprint density at radius 3 is 2.10 bits per heavy atom. The third-order valence-electron chi connectivity index (χ3n) is 5.52. The number of sulfonamides is 1. The van der Waals surface area contributed by atoms with E-state index in [1.807, 2.05) is 19.1 Å². The molecule has 0 saturated carbocycles. The zero-order chi connectivity index (χ0) is 22.2. The number of benzene rings is 3. The summed E-state index contributed by atoms with van der Waals surface area (Å²) >= 11 is 0. The topological polar surface area (TPSA) is 79.0 Å². The molecule has 160 valence electrons. The highest BCUT2D eigenvalue weighted by Gasteiger charge is 2.30. The molecule has 0 aliphatic carbocycles. The second kappa shape index (κ2) is 8.17. The lowest BCUT2D eigenvalue weighted by Crippen LogP contribution is -2.19. The summed E-state index contributed by atoms with van der Waals surface area (Å²) in [5.74, 6) is 0. The summed E-state index contributed by atoms with van der Waals surface area (Å²) in [5.41, 5.74) is 6.37. The Morgan fingerprint density at radius 2 is 1.55 bits per heavy atom. The van der Waals surface area contributed by atoms with Gasteiger partial charge in [0.2, 0.25) is 10.0 Å². The zero-order valence-corrected chi connectivity index (χ0v) is 18.7. The predicted octanol–water partition coefficient (Wildman–Crippen LogP) is 4.06. The fourth-order valence-electron chi connectivity index (χ4n) is 3.71. The van der Waals surface area contributed by atoms with Gasteiger partial charge in [0.15, 0.2) is 0 Å². The van der Waals surface area contributed by atoms with E-state index in [1.165, 1.54) is 17.7 Å². The Bertz CT molecular complexity index is 1200.